The summed E-state index contributed by atoms with van der Waals surface area (Å²) in [6, 6.07) is 0. The second kappa shape index (κ2) is 7.66. The van der Waals surface area contributed by atoms with Crippen molar-refractivity contribution in [2.24, 2.45) is 5.92 Å². The number of sulfone groups is 1. The molecule has 0 bridgehead atoms. The molecule has 0 amide bonds. The fraction of sp³-hybridized carbons (Fsp3) is 0.909. The molecule has 1 N–H and O–H groups in total. The SMILES string of the molecule is CCCS(=O)(=O)CCN(CC(=O)O)CC(C)C. The number of hydrogen-bond donors (Lipinski definition) is 1. The molecule has 0 unspecified atom stereocenters. The second-order valence-electron chi connectivity index (χ2n) is 4.67. The average Bonchev–Trinajstić information content (AvgIpc) is 2.12. The summed E-state index contributed by atoms with van der Waals surface area (Å²) >= 11 is 0. The largest absolute Gasteiger partial charge is 0.480 e. The maximum atomic E-state index is 11.5. The van der Waals surface area contributed by atoms with Gasteiger partial charge in [-0.15, -0.1) is 0 Å². The minimum Gasteiger partial charge on any atom is -0.480 e. The van der Waals surface area contributed by atoms with Crippen molar-refractivity contribution in [2.45, 2.75) is 27.2 Å². The molecule has 0 saturated carbocycles. The van der Waals surface area contributed by atoms with Gasteiger partial charge in [0.05, 0.1) is 12.3 Å². The first-order valence-electron chi connectivity index (χ1n) is 5.91. The molecule has 0 saturated heterocycles. The molecule has 0 aliphatic rings. The molecule has 0 aromatic carbocycles. The van der Waals surface area contributed by atoms with Crippen molar-refractivity contribution in [3.05, 3.63) is 0 Å². The fourth-order valence-electron chi connectivity index (χ4n) is 1.62. The molecular formula is C11H23NO4S. The van der Waals surface area contributed by atoms with Crippen LogP contribution in [-0.2, 0) is 14.6 Å². The van der Waals surface area contributed by atoms with Crippen molar-refractivity contribution in [3.8, 4) is 0 Å². The smallest absolute Gasteiger partial charge is 0.317 e. The highest BCUT2D eigenvalue weighted by Crippen LogP contribution is 2.01. The van der Waals surface area contributed by atoms with Crippen LogP contribution in [0.15, 0.2) is 0 Å². The van der Waals surface area contributed by atoms with Crippen molar-refractivity contribution >= 4 is 15.8 Å². The number of carboxylic acids is 1. The van der Waals surface area contributed by atoms with E-state index in [1.54, 1.807) is 4.90 Å². The van der Waals surface area contributed by atoms with E-state index in [-0.39, 0.29) is 18.1 Å². The van der Waals surface area contributed by atoms with E-state index in [1.165, 1.54) is 0 Å². The van der Waals surface area contributed by atoms with Gasteiger partial charge in [0.15, 0.2) is 9.84 Å². The van der Waals surface area contributed by atoms with Crippen molar-refractivity contribution < 1.29 is 18.3 Å². The van der Waals surface area contributed by atoms with Crippen LogP contribution in [0.25, 0.3) is 0 Å². The van der Waals surface area contributed by atoms with E-state index in [2.05, 4.69) is 0 Å². The van der Waals surface area contributed by atoms with Gasteiger partial charge in [0.25, 0.3) is 0 Å². The average molecular weight is 265 g/mol. The number of nitrogens with zero attached hydrogens (tertiary/aromatic N) is 1. The third-order valence-corrected chi connectivity index (χ3v) is 4.05. The number of carboxylic acid groups (broad SMARTS) is 1. The van der Waals surface area contributed by atoms with E-state index in [0.717, 1.165) is 0 Å². The predicted molar refractivity (Wildman–Crippen MR) is 67.9 cm³/mol. The molecule has 0 aromatic rings. The van der Waals surface area contributed by atoms with Crippen LogP contribution >= 0.6 is 0 Å². The third kappa shape index (κ3) is 9.12. The highest BCUT2D eigenvalue weighted by atomic mass is 32.2. The van der Waals surface area contributed by atoms with Crippen molar-refractivity contribution in [1.29, 1.82) is 0 Å². The van der Waals surface area contributed by atoms with E-state index in [1.807, 2.05) is 20.8 Å². The zero-order valence-corrected chi connectivity index (χ0v) is 11.7. The predicted octanol–water partition coefficient (Wildman–Crippen LogP) is 0.854. The molecule has 102 valence electrons. The Kier molecular flexibility index (Phi) is 7.38. The van der Waals surface area contributed by atoms with Gasteiger partial charge in [-0.3, -0.25) is 9.69 Å². The molecule has 0 atom stereocenters. The Bertz CT molecular complexity index is 324. The second-order valence-corrected chi connectivity index (χ2v) is 6.98. The first-order chi connectivity index (χ1) is 7.76. The topological polar surface area (TPSA) is 74.7 Å². The summed E-state index contributed by atoms with van der Waals surface area (Å²) in [7, 11) is -3.03. The van der Waals surface area contributed by atoms with E-state index in [4.69, 9.17) is 5.11 Å². The van der Waals surface area contributed by atoms with E-state index in [0.29, 0.717) is 25.4 Å². The lowest BCUT2D eigenvalue weighted by Crippen LogP contribution is -2.36. The first kappa shape index (κ1) is 16.4. The molecule has 0 rings (SSSR count). The minimum atomic E-state index is -3.03. The van der Waals surface area contributed by atoms with Crippen LogP contribution < -0.4 is 0 Å². The number of rotatable bonds is 9. The van der Waals surface area contributed by atoms with Gasteiger partial charge in [-0.05, 0) is 12.3 Å². The molecule has 0 aliphatic heterocycles. The molecule has 0 aromatic heterocycles. The Morgan fingerprint density at radius 3 is 2.29 bits per heavy atom. The van der Waals surface area contributed by atoms with Crippen LogP contribution in [0.3, 0.4) is 0 Å². The highest BCUT2D eigenvalue weighted by molar-refractivity contribution is 7.91. The molecule has 17 heavy (non-hydrogen) atoms. The summed E-state index contributed by atoms with van der Waals surface area (Å²) in [5, 5.41) is 8.74. The molecule has 0 spiro atoms. The lowest BCUT2D eigenvalue weighted by molar-refractivity contribution is -0.138. The molecular weight excluding hydrogens is 242 g/mol. The maximum absolute atomic E-state index is 11.5. The van der Waals surface area contributed by atoms with Crippen LogP contribution in [-0.4, -0.2) is 55.5 Å². The fourth-order valence-corrected chi connectivity index (χ4v) is 2.99. The number of carbonyl (C=O) groups is 1. The Hall–Kier alpha value is -0.620. The maximum Gasteiger partial charge on any atom is 0.317 e. The van der Waals surface area contributed by atoms with Gasteiger partial charge >= 0.3 is 5.97 Å². The van der Waals surface area contributed by atoms with Crippen LogP contribution in [0, 0.1) is 5.92 Å². The van der Waals surface area contributed by atoms with Crippen LogP contribution in [0.1, 0.15) is 27.2 Å². The Balaban J connectivity index is 4.29. The standard InChI is InChI=1S/C11H23NO4S/c1-4-6-17(15,16)7-5-12(8-10(2)3)9-11(13)14/h10H,4-9H2,1-3H3,(H,13,14). The molecule has 0 fully saturated rings. The summed E-state index contributed by atoms with van der Waals surface area (Å²) in [6.45, 7) is 6.59. The van der Waals surface area contributed by atoms with E-state index >= 15 is 0 Å². The molecule has 5 nitrogen and oxygen atoms in total. The van der Waals surface area contributed by atoms with Gasteiger partial charge < -0.3 is 5.11 Å². The minimum absolute atomic E-state index is 0.0425. The van der Waals surface area contributed by atoms with Gasteiger partial charge in [0.1, 0.15) is 0 Å². The van der Waals surface area contributed by atoms with Crippen LogP contribution in [0.4, 0.5) is 0 Å². The Morgan fingerprint density at radius 2 is 1.88 bits per heavy atom. The lowest BCUT2D eigenvalue weighted by Gasteiger charge is -2.22. The van der Waals surface area contributed by atoms with E-state index < -0.39 is 15.8 Å². The molecule has 6 heteroatoms. The van der Waals surface area contributed by atoms with Gasteiger partial charge in [-0.25, -0.2) is 8.42 Å². The summed E-state index contributed by atoms with van der Waals surface area (Å²) < 4.78 is 23.1. The normalized spacial score (nSPS) is 12.3. The van der Waals surface area contributed by atoms with Gasteiger partial charge in [-0.2, -0.15) is 0 Å². The van der Waals surface area contributed by atoms with Crippen molar-refractivity contribution in [3.63, 3.8) is 0 Å². The van der Waals surface area contributed by atoms with E-state index in [9.17, 15) is 13.2 Å². The van der Waals surface area contributed by atoms with Crippen molar-refractivity contribution in [1.82, 2.24) is 4.90 Å². The van der Waals surface area contributed by atoms with Gasteiger partial charge in [-0.1, -0.05) is 20.8 Å². The highest BCUT2D eigenvalue weighted by Gasteiger charge is 2.15. The summed E-state index contributed by atoms with van der Waals surface area (Å²) in [4.78, 5) is 12.3. The Labute approximate surface area is 104 Å². The van der Waals surface area contributed by atoms with Crippen LogP contribution in [0.2, 0.25) is 0 Å². The lowest BCUT2D eigenvalue weighted by atomic mass is 10.2. The van der Waals surface area contributed by atoms with Crippen LogP contribution in [0.5, 0.6) is 0 Å². The third-order valence-electron chi connectivity index (χ3n) is 2.22. The summed E-state index contributed by atoms with van der Waals surface area (Å²) in [6.07, 6.45) is 0.603. The zero-order valence-electron chi connectivity index (χ0n) is 10.8. The summed E-state index contributed by atoms with van der Waals surface area (Å²) in [5.74, 6) is -0.377. The number of hydrogen-bond acceptors (Lipinski definition) is 4. The molecule has 0 aliphatic carbocycles. The molecule has 0 heterocycles. The first-order valence-corrected chi connectivity index (χ1v) is 7.73. The van der Waals surface area contributed by atoms with Gasteiger partial charge in [0, 0.05) is 18.8 Å². The number of aliphatic carboxylic acids is 1. The van der Waals surface area contributed by atoms with Crippen molar-refractivity contribution in [2.75, 3.05) is 31.1 Å². The Morgan fingerprint density at radius 1 is 1.29 bits per heavy atom. The quantitative estimate of drug-likeness (QED) is 0.669. The zero-order chi connectivity index (χ0) is 13.5. The monoisotopic (exact) mass is 265 g/mol. The summed E-state index contributed by atoms with van der Waals surface area (Å²) in [5.41, 5.74) is 0. The van der Waals surface area contributed by atoms with Gasteiger partial charge in [0.2, 0.25) is 0 Å². The molecule has 0 radical (unpaired) electrons.